The highest BCUT2D eigenvalue weighted by Crippen LogP contribution is 2.24. The molecular weight excluding hydrogens is 240 g/mol. The number of fused-ring (bicyclic) bond motifs is 1. The Labute approximate surface area is 113 Å². The number of amides is 1. The van der Waals surface area contributed by atoms with Gasteiger partial charge in [0, 0.05) is 11.4 Å². The van der Waals surface area contributed by atoms with E-state index in [4.69, 9.17) is 4.52 Å². The lowest BCUT2D eigenvalue weighted by Crippen LogP contribution is -2.33. The second kappa shape index (κ2) is 5.43. The molecule has 0 saturated heterocycles. The molecule has 1 atom stereocenters. The predicted octanol–water partition coefficient (Wildman–Crippen LogP) is 2.90. The topological polar surface area (TPSA) is 55.1 Å². The standard InChI is InChI=1S/C15H20N2O2/c1-5-11(4)16-14(18)8-13-12-7-9(2)6-10(3)15(12)19-17-13/h6-7,11H,5,8H2,1-4H3,(H,16,18). The summed E-state index contributed by atoms with van der Waals surface area (Å²) in [4.78, 5) is 11.9. The van der Waals surface area contributed by atoms with E-state index in [0.29, 0.717) is 5.69 Å². The van der Waals surface area contributed by atoms with Crippen LogP contribution in [0, 0.1) is 13.8 Å². The average molecular weight is 260 g/mol. The number of nitrogens with one attached hydrogen (secondary N) is 1. The zero-order chi connectivity index (χ0) is 14.0. The van der Waals surface area contributed by atoms with Crippen LogP contribution in [0.2, 0.25) is 0 Å². The Morgan fingerprint density at radius 3 is 2.84 bits per heavy atom. The Balaban J connectivity index is 2.24. The molecule has 102 valence electrons. The van der Waals surface area contributed by atoms with E-state index < -0.39 is 0 Å². The van der Waals surface area contributed by atoms with Crippen LogP contribution in [0.25, 0.3) is 11.0 Å². The Kier molecular flexibility index (Phi) is 3.88. The van der Waals surface area contributed by atoms with Gasteiger partial charge in [0.15, 0.2) is 5.58 Å². The molecule has 0 aliphatic heterocycles. The van der Waals surface area contributed by atoms with E-state index in [2.05, 4.69) is 16.5 Å². The van der Waals surface area contributed by atoms with Crippen molar-refractivity contribution in [2.24, 2.45) is 0 Å². The van der Waals surface area contributed by atoms with Crippen LogP contribution >= 0.6 is 0 Å². The molecule has 1 unspecified atom stereocenters. The Morgan fingerprint density at radius 1 is 1.42 bits per heavy atom. The van der Waals surface area contributed by atoms with Crippen molar-refractivity contribution >= 4 is 16.9 Å². The lowest BCUT2D eigenvalue weighted by atomic mass is 10.1. The molecule has 1 amide bonds. The third-order valence-electron chi connectivity index (χ3n) is 3.32. The highest BCUT2D eigenvalue weighted by atomic mass is 16.5. The summed E-state index contributed by atoms with van der Waals surface area (Å²) in [6.45, 7) is 8.06. The first-order valence-corrected chi connectivity index (χ1v) is 6.66. The van der Waals surface area contributed by atoms with E-state index in [-0.39, 0.29) is 18.4 Å². The lowest BCUT2D eigenvalue weighted by molar-refractivity contribution is -0.121. The molecule has 0 fully saturated rings. The fourth-order valence-corrected chi connectivity index (χ4v) is 2.15. The van der Waals surface area contributed by atoms with Gasteiger partial charge in [-0.1, -0.05) is 18.1 Å². The van der Waals surface area contributed by atoms with Crippen LogP contribution in [0.1, 0.15) is 37.1 Å². The number of aromatic nitrogens is 1. The molecule has 0 aliphatic rings. The number of hydrogen-bond donors (Lipinski definition) is 1. The predicted molar refractivity (Wildman–Crippen MR) is 75.1 cm³/mol. The van der Waals surface area contributed by atoms with Gasteiger partial charge in [-0.15, -0.1) is 0 Å². The van der Waals surface area contributed by atoms with Gasteiger partial charge in [-0.2, -0.15) is 0 Å². The van der Waals surface area contributed by atoms with Gasteiger partial charge in [0.2, 0.25) is 5.91 Å². The molecule has 2 aromatic rings. The van der Waals surface area contributed by atoms with Gasteiger partial charge >= 0.3 is 0 Å². The summed E-state index contributed by atoms with van der Waals surface area (Å²) < 4.78 is 5.34. The van der Waals surface area contributed by atoms with Gasteiger partial charge in [0.25, 0.3) is 0 Å². The molecule has 0 bridgehead atoms. The minimum Gasteiger partial charge on any atom is -0.356 e. The van der Waals surface area contributed by atoms with Crippen LogP contribution in [0.15, 0.2) is 16.7 Å². The number of rotatable bonds is 4. The summed E-state index contributed by atoms with van der Waals surface area (Å²) in [5.41, 5.74) is 3.69. The molecule has 1 aromatic heterocycles. The second-order valence-corrected chi connectivity index (χ2v) is 5.14. The summed E-state index contributed by atoms with van der Waals surface area (Å²) in [6, 6.07) is 4.26. The van der Waals surface area contributed by atoms with Crippen molar-refractivity contribution in [3.63, 3.8) is 0 Å². The number of carbonyl (C=O) groups excluding carboxylic acids is 1. The maximum Gasteiger partial charge on any atom is 0.226 e. The molecule has 1 heterocycles. The average Bonchev–Trinajstić information content (AvgIpc) is 2.72. The molecule has 0 radical (unpaired) electrons. The number of aryl methyl sites for hydroxylation is 2. The van der Waals surface area contributed by atoms with Crippen molar-refractivity contribution in [3.05, 3.63) is 29.0 Å². The van der Waals surface area contributed by atoms with Gasteiger partial charge in [0.1, 0.15) is 5.69 Å². The van der Waals surface area contributed by atoms with Gasteiger partial charge in [-0.05, 0) is 44.4 Å². The highest BCUT2D eigenvalue weighted by Gasteiger charge is 2.15. The number of nitrogens with zero attached hydrogens (tertiary/aromatic N) is 1. The molecule has 4 heteroatoms. The van der Waals surface area contributed by atoms with E-state index in [9.17, 15) is 4.79 Å². The van der Waals surface area contributed by atoms with Gasteiger partial charge in [-0.3, -0.25) is 4.79 Å². The van der Waals surface area contributed by atoms with Crippen molar-refractivity contribution in [3.8, 4) is 0 Å². The van der Waals surface area contributed by atoms with Crippen molar-refractivity contribution in [2.75, 3.05) is 0 Å². The van der Waals surface area contributed by atoms with Crippen molar-refractivity contribution in [1.29, 1.82) is 0 Å². The normalized spacial score (nSPS) is 12.6. The molecule has 0 spiro atoms. The molecule has 19 heavy (non-hydrogen) atoms. The Morgan fingerprint density at radius 2 is 2.16 bits per heavy atom. The van der Waals surface area contributed by atoms with Crippen LogP contribution < -0.4 is 5.32 Å². The third-order valence-corrected chi connectivity index (χ3v) is 3.32. The van der Waals surface area contributed by atoms with Crippen LogP contribution in [0.3, 0.4) is 0 Å². The summed E-state index contributed by atoms with van der Waals surface area (Å²) in [5.74, 6) is -0.0105. The van der Waals surface area contributed by atoms with Crippen molar-refractivity contribution in [2.45, 2.75) is 46.6 Å². The third kappa shape index (κ3) is 2.95. The largest absolute Gasteiger partial charge is 0.356 e. The zero-order valence-corrected chi connectivity index (χ0v) is 11.9. The Bertz CT molecular complexity index is 601. The minimum atomic E-state index is -0.0105. The fourth-order valence-electron chi connectivity index (χ4n) is 2.15. The lowest BCUT2D eigenvalue weighted by Gasteiger charge is -2.10. The van der Waals surface area contributed by atoms with E-state index in [1.165, 1.54) is 0 Å². The van der Waals surface area contributed by atoms with Crippen LogP contribution in [0.4, 0.5) is 0 Å². The van der Waals surface area contributed by atoms with Gasteiger partial charge in [0.05, 0.1) is 6.42 Å². The molecule has 1 aromatic carbocycles. The zero-order valence-electron chi connectivity index (χ0n) is 11.9. The highest BCUT2D eigenvalue weighted by molar-refractivity contribution is 5.88. The number of hydrogen-bond acceptors (Lipinski definition) is 3. The molecule has 1 N–H and O–H groups in total. The maximum absolute atomic E-state index is 11.9. The summed E-state index contributed by atoms with van der Waals surface area (Å²) in [5, 5.41) is 7.92. The van der Waals surface area contributed by atoms with Crippen LogP contribution in [-0.2, 0) is 11.2 Å². The maximum atomic E-state index is 11.9. The summed E-state index contributed by atoms with van der Waals surface area (Å²) >= 11 is 0. The van der Waals surface area contributed by atoms with E-state index in [0.717, 1.165) is 28.5 Å². The Hall–Kier alpha value is -1.84. The molecule has 2 rings (SSSR count). The molecule has 4 nitrogen and oxygen atoms in total. The van der Waals surface area contributed by atoms with Gasteiger partial charge < -0.3 is 9.84 Å². The smallest absolute Gasteiger partial charge is 0.226 e. The van der Waals surface area contributed by atoms with E-state index in [1.807, 2.05) is 33.8 Å². The van der Waals surface area contributed by atoms with Crippen molar-refractivity contribution in [1.82, 2.24) is 10.5 Å². The monoisotopic (exact) mass is 260 g/mol. The fraction of sp³-hybridized carbons (Fsp3) is 0.467. The second-order valence-electron chi connectivity index (χ2n) is 5.14. The van der Waals surface area contributed by atoms with Crippen molar-refractivity contribution < 1.29 is 9.32 Å². The minimum absolute atomic E-state index is 0.0105. The van der Waals surface area contributed by atoms with E-state index >= 15 is 0 Å². The molecular formula is C15H20N2O2. The SMILES string of the molecule is CCC(C)NC(=O)Cc1noc2c(C)cc(C)cc12. The summed E-state index contributed by atoms with van der Waals surface area (Å²) in [6.07, 6.45) is 1.18. The van der Waals surface area contributed by atoms with E-state index in [1.54, 1.807) is 0 Å². The van der Waals surface area contributed by atoms with Crippen LogP contribution in [-0.4, -0.2) is 17.1 Å². The molecule has 0 aliphatic carbocycles. The number of carbonyl (C=O) groups is 1. The first-order valence-electron chi connectivity index (χ1n) is 6.66. The first-order chi connectivity index (χ1) is 9.01. The number of benzene rings is 1. The van der Waals surface area contributed by atoms with Gasteiger partial charge in [-0.25, -0.2) is 0 Å². The molecule has 0 saturated carbocycles. The van der Waals surface area contributed by atoms with Crippen LogP contribution in [0.5, 0.6) is 0 Å². The summed E-state index contributed by atoms with van der Waals surface area (Å²) in [7, 11) is 0. The quantitative estimate of drug-likeness (QED) is 0.919. The first kappa shape index (κ1) is 13.6.